The van der Waals surface area contributed by atoms with Crippen LogP contribution in [0.15, 0.2) is 18.2 Å². The molecule has 3 nitrogen and oxygen atoms in total. The Morgan fingerprint density at radius 3 is 2.18 bits per heavy atom. The Morgan fingerprint density at radius 2 is 1.71 bits per heavy atom. The van der Waals surface area contributed by atoms with E-state index >= 15 is 0 Å². The number of benzene rings is 1. The number of aromatic nitrogens is 2. The minimum atomic E-state index is 0.794. The van der Waals surface area contributed by atoms with Gasteiger partial charge in [-0.1, -0.05) is 18.2 Å². The second kappa shape index (κ2) is 4.24. The number of hydrogen-bond acceptors (Lipinski definition) is 2. The SMILES string of the molecule is Cc1cccc(C)c1Cn1nc(C)c(N)c1C. The van der Waals surface area contributed by atoms with Gasteiger partial charge in [-0.25, -0.2) is 0 Å². The third-order valence-corrected chi connectivity index (χ3v) is 3.39. The summed E-state index contributed by atoms with van der Waals surface area (Å²) in [6.45, 7) is 9.03. The van der Waals surface area contributed by atoms with Crippen molar-refractivity contribution in [3.05, 3.63) is 46.3 Å². The molecule has 0 saturated heterocycles. The molecular formula is C14H19N3. The fourth-order valence-electron chi connectivity index (χ4n) is 2.11. The van der Waals surface area contributed by atoms with E-state index in [1.54, 1.807) is 0 Å². The van der Waals surface area contributed by atoms with Crippen LogP contribution in [-0.4, -0.2) is 9.78 Å². The van der Waals surface area contributed by atoms with E-state index in [1.165, 1.54) is 16.7 Å². The minimum Gasteiger partial charge on any atom is -0.396 e. The molecule has 1 heterocycles. The second-order valence-corrected chi connectivity index (χ2v) is 4.61. The van der Waals surface area contributed by atoms with Gasteiger partial charge in [-0.05, 0) is 44.4 Å². The normalized spacial score (nSPS) is 10.8. The Morgan fingerprint density at radius 1 is 1.12 bits per heavy atom. The third-order valence-electron chi connectivity index (χ3n) is 3.39. The summed E-state index contributed by atoms with van der Waals surface area (Å²) in [6.07, 6.45) is 0. The van der Waals surface area contributed by atoms with Crippen LogP contribution >= 0.6 is 0 Å². The van der Waals surface area contributed by atoms with Crippen LogP contribution in [0, 0.1) is 27.7 Å². The molecule has 2 rings (SSSR count). The second-order valence-electron chi connectivity index (χ2n) is 4.61. The van der Waals surface area contributed by atoms with E-state index < -0.39 is 0 Å². The molecule has 2 aromatic rings. The average molecular weight is 229 g/mol. The lowest BCUT2D eigenvalue weighted by atomic mass is 10.0. The highest BCUT2D eigenvalue weighted by Gasteiger charge is 2.10. The summed E-state index contributed by atoms with van der Waals surface area (Å²) in [4.78, 5) is 0. The molecule has 3 heteroatoms. The van der Waals surface area contributed by atoms with E-state index in [2.05, 4.69) is 37.1 Å². The van der Waals surface area contributed by atoms with Crippen LogP contribution in [0.25, 0.3) is 0 Å². The van der Waals surface area contributed by atoms with Gasteiger partial charge >= 0.3 is 0 Å². The zero-order valence-electron chi connectivity index (χ0n) is 10.9. The number of nitrogen functional groups attached to an aromatic ring is 1. The number of nitrogens with two attached hydrogens (primary N) is 1. The summed E-state index contributed by atoms with van der Waals surface area (Å²) in [5, 5.41) is 4.48. The van der Waals surface area contributed by atoms with Crippen LogP contribution < -0.4 is 5.73 Å². The molecule has 0 aliphatic carbocycles. The van der Waals surface area contributed by atoms with Crippen molar-refractivity contribution in [1.82, 2.24) is 9.78 Å². The van der Waals surface area contributed by atoms with Crippen molar-refractivity contribution in [2.24, 2.45) is 0 Å². The van der Waals surface area contributed by atoms with Gasteiger partial charge in [-0.3, -0.25) is 4.68 Å². The van der Waals surface area contributed by atoms with Crippen molar-refractivity contribution in [2.75, 3.05) is 5.73 Å². The predicted molar refractivity (Wildman–Crippen MR) is 71.1 cm³/mol. The topological polar surface area (TPSA) is 43.8 Å². The Bertz CT molecular complexity index is 533. The van der Waals surface area contributed by atoms with Crippen LogP contribution in [0.2, 0.25) is 0 Å². The van der Waals surface area contributed by atoms with Gasteiger partial charge in [0.2, 0.25) is 0 Å². The molecule has 0 unspecified atom stereocenters. The summed E-state index contributed by atoms with van der Waals surface area (Å²) >= 11 is 0. The molecule has 0 spiro atoms. The van der Waals surface area contributed by atoms with Crippen molar-refractivity contribution in [3.8, 4) is 0 Å². The van der Waals surface area contributed by atoms with Gasteiger partial charge in [-0.15, -0.1) is 0 Å². The molecule has 0 bridgehead atoms. The first-order valence-corrected chi connectivity index (χ1v) is 5.85. The molecule has 0 radical (unpaired) electrons. The molecule has 0 amide bonds. The van der Waals surface area contributed by atoms with Crippen molar-refractivity contribution in [1.29, 1.82) is 0 Å². The highest BCUT2D eigenvalue weighted by Crippen LogP contribution is 2.19. The van der Waals surface area contributed by atoms with Gasteiger partial charge in [0.15, 0.2) is 0 Å². The molecule has 0 aliphatic heterocycles. The van der Waals surface area contributed by atoms with E-state index in [0.29, 0.717) is 0 Å². The van der Waals surface area contributed by atoms with E-state index in [1.807, 2.05) is 18.5 Å². The number of nitrogens with zero attached hydrogens (tertiary/aromatic N) is 2. The lowest BCUT2D eigenvalue weighted by Gasteiger charge is -2.11. The van der Waals surface area contributed by atoms with Crippen LogP contribution in [0.3, 0.4) is 0 Å². The molecule has 0 fully saturated rings. The minimum absolute atomic E-state index is 0.794. The summed E-state index contributed by atoms with van der Waals surface area (Å²) < 4.78 is 1.99. The molecule has 0 atom stereocenters. The van der Waals surface area contributed by atoms with Crippen molar-refractivity contribution >= 4 is 5.69 Å². The van der Waals surface area contributed by atoms with Gasteiger partial charge in [-0.2, -0.15) is 5.10 Å². The maximum atomic E-state index is 5.95. The van der Waals surface area contributed by atoms with E-state index in [9.17, 15) is 0 Å². The smallest absolute Gasteiger partial charge is 0.0826 e. The summed E-state index contributed by atoms with van der Waals surface area (Å²) in [6, 6.07) is 6.36. The lowest BCUT2D eigenvalue weighted by Crippen LogP contribution is -2.07. The quantitative estimate of drug-likeness (QED) is 0.860. The van der Waals surface area contributed by atoms with Crippen LogP contribution in [0.1, 0.15) is 28.1 Å². The summed E-state index contributed by atoms with van der Waals surface area (Å²) in [5.41, 5.74) is 12.6. The molecule has 1 aromatic heterocycles. The highest BCUT2D eigenvalue weighted by atomic mass is 15.3. The fourth-order valence-corrected chi connectivity index (χ4v) is 2.11. The molecule has 90 valence electrons. The summed E-state index contributed by atoms with van der Waals surface area (Å²) in [7, 11) is 0. The van der Waals surface area contributed by atoms with Crippen LogP contribution in [0.5, 0.6) is 0 Å². The monoisotopic (exact) mass is 229 g/mol. The van der Waals surface area contributed by atoms with Gasteiger partial charge in [0.1, 0.15) is 0 Å². The zero-order valence-corrected chi connectivity index (χ0v) is 10.9. The third kappa shape index (κ3) is 2.05. The Kier molecular flexibility index (Phi) is 2.92. The standard InChI is InChI=1S/C14H19N3/c1-9-6-5-7-10(2)13(9)8-17-12(4)14(15)11(3)16-17/h5-7H,8,15H2,1-4H3. The fraction of sp³-hybridized carbons (Fsp3) is 0.357. The maximum absolute atomic E-state index is 5.95. The van der Waals surface area contributed by atoms with Gasteiger partial charge in [0.25, 0.3) is 0 Å². The Hall–Kier alpha value is -1.77. The number of aryl methyl sites for hydroxylation is 3. The van der Waals surface area contributed by atoms with E-state index in [0.717, 1.165) is 23.6 Å². The van der Waals surface area contributed by atoms with Crippen molar-refractivity contribution in [3.63, 3.8) is 0 Å². The number of anilines is 1. The molecule has 1 aromatic carbocycles. The number of hydrogen-bond donors (Lipinski definition) is 1. The highest BCUT2D eigenvalue weighted by molar-refractivity contribution is 5.47. The lowest BCUT2D eigenvalue weighted by molar-refractivity contribution is 0.654. The predicted octanol–water partition coefficient (Wildman–Crippen LogP) is 2.75. The summed E-state index contributed by atoms with van der Waals surface area (Å²) in [5.74, 6) is 0. The van der Waals surface area contributed by atoms with Gasteiger partial charge in [0.05, 0.1) is 23.6 Å². The van der Waals surface area contributed by atoms with Crippen LogP contribution in [-0.2, 0) is 6.54 Å². The van der Waals surface area contributed by atoms with Gasteiger partial charge in [0, 0.05) is 0 Å². The molecule has 0 aliphatic rings. The first kappa shape index (κ1) is 11.7. The largest absolute Gasteiger partial charge is 0.396 e. The zero-order chi connectivity index (χ0) is 12.6. The Balaban J connectivity index is 2.41. The van der Waals surface area contributed by atoms with E-state index in [4.69, 9.17) is 5.73 Å². The van der Waals surface area contributed by atoms with Crippen molar-refractivity contribution in [2.45, 2.75) is 34.2 Å². The number of rotatable bonds is 2. The molecule has 0 saturated carbocycles. The first-order chi connectivity index (χ1) is 8.00. The average Bonchev–Trinajstić information content (AvgIpc) is 2.52. The van der Waals surface area contributed by atoms with E-state index in [-0.39, 0.29) is 0 Å². The molecule has 17 heavy (non-hydrogen) atoms. The van der Waals surface area contributed by atoms with Gasteiger partial charge < -0.3 is 5.73 Å². The maximum Gasteiger partial charge on any atom is 0.0826 e. The molecular weight excluding hydrogens is 210 g/mol. The van der Waals surface area contributed by atoms with Crippen molar-refractivity contribution < 1.29 is 0 Å². The molecule has 2 N–H and O–H groups in total. The van der Waals surface area contributed by atoms with Crippen LogP contribution in [0.4, 0.5) is 5.69 Å². The first-order valence-electron chi connectivity index (χ1n) is 5.85. The Labute approximate surface area is 102 Å².